The topological polar surface area (TPSA) is 42.4 Å². The van der Waals surface area contributed by atoms with Crippen LogP contribution in [0.5, 0.6) is 5.75 Å². The van der Waals surface area contributed by atoms with Crippen molar-refractivity contribution in [3.05, 3.63) is 46.4 Å². The van der Waals surface area contributed by atoms with Crippen LogP contribution in [0.25, 0.3) is 0 Å². The van der Waals surface area contributed by atoms with Crippen molar-refractivity contribution in [1.82, 2.24) is 9.88 Å². The van der Waals surface area contributed by atoms with Gasteiger partial charge in [0, 0.05) is 24.0 Å². The van der Waals surface area contributed by atoms with Crippen molar-refractivity contribution >= 4 is 17.2 Å². The number of hydrogen-bond acceptors (Lipinski definition) is 4. The van der Waals surface area contributed by atoms with E-state index in [9.17, 15) is 4.79 Å². The monoisotopic (exact) mass is 356 g/mol. The van der Waals surface area contributed by atoms with Crippen LogP contribution in [-0.4, -0.2) is 28.9 Å². The molecule has 0 unspecified atom stereocenters. The zero-order valence-corrected chi connectivity index (χ0v) is 15.2. The lowest BCUT2D eigenvalue weighted by molar-refractivity contribution is 0.0521. The minimum Gasteiger partial charge on any atom is -0.487 e. The van der Waals surface area contributed by atoms with E-state index in [2.05, 4.69) is 9.88 Å². The third-order valence-electron chi connectivity index (χ3n) is 5.55. The number of nitrogens with zero attached hydrogens (tertiary/aromatic N) is 2. The molecule has 1 amide bonds. The van der Waals surface area contributed by atoms with Crippen LogP contribution in [0.4, 0.5) is 0 Å². The summed E-state index contributed by atoms with van der Waals surface area (Å²) in [6.07, 6.45) is 6.52. The first-order valence-electron chi connectivity index (χ1n) is 9.19. The standard InChI is InChI=1S/C20H24N2O2S/c23-20(22-10-9-15-3-1-2-4-17(15)11-22)16-5-7-19(8-6-16)24-12-18-13-25-14-21-18/h5-8,13-15,17H,1-4,9-12H2/t15-,17+/m0/s1. The minimum absolute atomic E-state index is 0.162. The molecule has 0 bridgehead atoms. The van der Waals surface area contributed by atoms with Crippen molar-refractivity contribution in [3.63, 3.8) is 0 Å². The highest BCUT2D eigenvalue weighted by Gasteiger charge is 2.33. The molecular weight excluding hydrogens is 332 g/mol. The highest BCUT2D eigenvalue weighted by molar-refractivity contribution is 7.07. The number of carbonyl (C=O) groups excluding carboxylic acids is 1. The maximum absolute atomic E-state index is 12.8. The summed E-state index contributed by atoms with van der Waals surface area (Å²) >= 11 is 1.56. The molecule has 2 atom stereocenters. The minimum atomic E-state index is 0.162. The smallest absolute Gasteiger partial charge is 0.253 e. The van der Waals surface area contributed by atoms with Crippen LogP contribution < -0.4 is 4.74 Å². The summed E-state index contributed by atoms with van der Waals surface area (Å²) < 4.78 is 5.72. The summed E-state index contributed by atoms with van der Waals surface area (Å²) in [5, 5.41) is 1.98. The molecule has 2 aromatic rings. The summed E-state index contributed by atoms with van der Waals surface area (Å²) in [5.74, 6) is 2.50. The summed E-state index contributed by atoms with van der Waals surface area (Å²) in [4.78, 5) is 19.1. The molecule has 132 valence electrons. The third kappa shape index (κ3) is 3.87. The molecular formula is C20H24N2O2S. The maximum Gasteiger partial charge on any atom is 0.253 e. The van der Waals surface area contributed by atoms with E-state index in [4.69, 9.17) is 4.74 Å². The van der Waals surface area contributed by atoms with Gasteiger partial charge in [0.25, 0.3) is 5.91 Å². The van der Waals surface area contributed by atoms with Crippen molar-refractivity contribution in [1.29, 1.82) is 0 Å². The molecule has 2 aliphatic rings. The second-order valence-corrected chi connectivity index (χ2v) is 7.86. The predicted molar refractivity (Wildman–Crippen MR) is 98.9 cm³/mol. The molecule has 1 aliphatic heterocycles. The predicted octanol–water partition coefficient (Wildman–Crippen LogP) is 4.37. The number of hydrogen-bond donors (Lipinski definition) is 0. The maximum atomic E-state index is 12.8. The van der Waals surface area contributed by atoms with Crippen LogP contribution in [0.15, 0.2) is 35.2 Å². The number of fused-ring (bicyclic) bond motifs is 1. The molecule has 1 aliphatic carbocycles. The van der Waals surface area contributed by atoms with Gasteiger partial charge < -0.3 is 9.64 Å². The highest BCUT2D eigenvalue weighted by Crippen LogP contribution is 2.36. The molecule has 2 fully saturated rings. The van der Waals surface area contributed by atoms with E-state index in [1.807, 2.05) is 29.6 Å². The van der Waals surface area contributed by atoms with Gasteiger partial charge in [-0.2, -0.15) is 0 Å². The van der Waals surface area contributed by atoms with E-state index in [0.29, 0.717) is 12.5 Å². The average molecular weight is 356 g/mol. The lowest BCUT2D eigenvalue weighted by Crippen LogP contribution is -2.44. The van der Waals surface area contributed by atoms with Gasteiger partial charge in [-0.25, -0.2) is 4.98 Å². The van der Waals surface area contributed by atoms with E-state index < -0.39 is 0 Å². The van der Waals surface area contributed by atoms with Gasteiger partial charge in [-0.05, 0) is 48.9 Å². The van der Waals surface area contributed by atoms with Crippen LogP contribution in [0.3, 0.4) is 0 Å². The Morgan fingerprint density at radius 2 is 1.96 bits per heavy atom. The summed E-state index contributed by atoms with van der Waals surface area (Å²) in [7, 11) is 0. The number of piperidine rings is 1. The quantitative estimate of drug-likeness (QED) is 0.817. The Balaban J connectivity index is 1.35. The number of aromatic nitrogens is 1. The molecule has 0 radical (unpaired) electrons. The van der Waals surface area contributed by atoms with Crippen molar-refractivity contribution in [2.24, 2.45) is 11.8 Å². The van der Waals surface area contributed by atoms with Gasteiger partial charge in [0.1, 0.15) is 12.4 Å². The van der Waals surface area contributed by atoms with Crippen LogP contribution in [-0.2, 0) is 6.61 Å². The van der Waals surface area contributed by atoms with E-state index in [1.165, 1.54) is 32.1 Å². The van der Waals surface area contributed by atoms with Crippen LogP contribution in [0.1, 0.15) is 48.2 Å². The van der Waals surface area contributed by atoms with E-state index in [-0.39, 0.29) is 5.91 Å². The zero-order chi connectivity index (χ0) is 17.1. The average Bonchev–Trinajstić information content (AvgIpc) is 3.19. The van der Waals surface area contributed by atoms with Gasteiger partial charge >= 0.3 is 0 Å². The third-order valence-corrected chi connectivity index (χ3v) is 6.19. The van der Waals surface area contributed by atoms with E-state index >= 15 is 0 Å². The van der Waals surface area contributed by atoms with Crippen LogP contribution >= 0.6 is 11.3 Å². The number of ether oxygens (including phenoxy) is 1. The molecule has 4 nitrogen and oxygen atoms in total. The van der Waals surface area contributed by atoms with Crippen molar-refractivity contribution < 1.29 is 9.53 Å². The normalized spacial score (nSPS) is 23.1. The van der Waals surface area contributed by atoms with Gasteiger partial charge in [-0.1, -0.05) is 19.3 Å². The zero-order valence-electron chi connectivity index (χ0n) is 14.4. The Morgan fingerprint density at radius 3 is 2.72 bits per heavy atom. The number of carbonyl (C=O) groups is 1. The molecule has 0 N–H and O–H groups in total. The summed E-state index contributed by atoms with van der Waals surface area (Å²) in [5.41, 5.74) is 3.49. The molecule has 5 heteroatoms. The molecule has 2 heterocycles. The number of rotatable bonds is 4. The Morgan fingerprint density at radius 1 is 1.16 bits per heavy atom. The van der Waals surface area contributed by atoms with Crippen molar-refractivity contribution in [2.75, 3.05) is 13.1 Å². The number of benzene rings is 1. The van der Waals surface area contributed by atoms with Crippen LogP contribution in [0, 0.1) is 11.8 Å². The summed E-state index contributed by atoms with van der Waals surface area (Å²) in [6, 6.07) is 7.53. The van der Waals surface area contributed by atoms with E-state index in [1.54, 1.807) is 16.8 Å². The first kappa shape index (κ1) is 16.6. The van der Waals surface area contributed by atoms with Crippen molar-refractivity contribution in [3.8, 4) is 5.75 Å². The number of thiazole rings is 1. The number of likely N-dealkylation sites (tertiary alicyclic amines) is 1. The van der Waals surface area contributed by atoms with Gasteiger partial charge in [-0.3, -0.25) is 4.79 Å². The molecule has 1 aromatic carbocycles. The largest absolute Gasteiger partial charge is 0.487 e. The molecule has 0 spiro atoms. The second-order valence-electron chi connectivity index (χ2n) is 7.14. The van der Waals surface area contributed by atoms with Gasteiger partial charge in [0.2, 0.25) is 0 Å². The van der Waals surface area contributed by atoms with Gasteiger partial charge in [0.15, 0.2) is 0 Å². The molecule has 25 heavy (non-hydrogen) atoms. The Labute approximate surface area is 152 Å². The fourth-order valence-electron chi connectivity index (χ4n) is 4.13. The second kappa shape index (κ2) is 7.56. The molecule has 4 rings (SSSR count). The first-order chi connectivity index (χ1) is 12.3. The molecule has 1 aromatic heterocycles. The van der Waals surface area contributed by atoms with Crippen LogP contribution in [0.2, 0.25) is 0 Å². The Hall–Kier alpha value is -1.88. The van der Waals surface area contributed by atoms with Gasteiger partial charge in [0.05, 0.1) is 11.2 Å². The lowest BCUT2D eigenvalue weighted by atomic mass is 9.75. The Bertz CT molecular complexity index is 699. The molecule has 1 saturated heterocycles. The summed E-state index contributed by atoms with van der Waals surface area (Å²) in [6.45, 7) is 2.31. The van der Waals surface area contributed by atoms with Crippen molar-refractivity contribution in [2.45, 2.75) is 38.7 Å². The fraction of sp³-hybridized carbons (Fsp3) is 0.500. The van der Waals surface area contributed by atoms with Gasteiger partial charge in [-0.15, -0.1) is 11.3 Å². The SMILES string of the molecule is O=C(c1ccc(OCc2cscn2)cc1)N1CC[C@@H]2CCCC[C@@H]2C1. The molecule has 1 saturated carbocycles. The lowest BCUT2D eigenvalue weighted by Gasteiger charge is -2.41. The van der Waals surface area contributed by atoms with E-state index in [0.717, 1.165) is 36.0 Å². The Kier molecular flexibility index (Phi) is 5.02. The first-order valence-corrected chi connectivity index (χ1v) is 10.1. The fourth-order valence-corrected chi connectivity index (χ4v) is 4.67. The number of amides is 1. The highest BCUT2D eigenvalue weighted by atomic mass is 32.1.